The van der Waals surface area contributed by atoms with E-state index >= 15 is 0 Å². The first-order valence-corrected chi connectivity index (χ1v) is 5.39. The zero-order valence-electron chi connectivity index (χ0n) is 7.12. The summed E-state index contributed by atoms with van der Waals surface area (Å²) in [5, 5.41) is 1.78. The van der Waals surface area contributed by atoms with Gasteiger partial charge >= 0.3 is 0 Å². The Morgan fingerprint density at radius 2 is 2.23 bits per heavy atom. The smallest absolute Gasteiger partial charge is 0.299 e. The molecule has 0 heterocycles. The van der Waals surface area contributed by atoms with Gasteiger partial charge < -0.3 is 5.32 Å². The molecule has 0 fully saturated rings. The van der Waals surface area contributed by atoms with Gasteiger partial charge in [0.25, 0.3) is 10.5 Å². The molecular formula is C6H11ClN2O2S2. The molecule has 0 unspecified atom stereocenters. The fourth-order valence-corrected chi connectivity index (χ4v) is 1.70. The summed E-state index contributed by atoms with van der Waals surface area (Å²) in [6.07, 6.45) is 0. The van der Waals surface area contributed by atoms with Gasteiger partial charge in [0.2, 0.25) is 0 Å². The summed E-state index contributed by atoms with van der Waals surface area (Å²) in [4.78, 5) is 21.8. The van der Waals surface area contributed by atoms with E-state index in [1.807, 2.05) is 0 Å². The van der Waals surface area contributed by atoms with E-state index in [1.54, 1.807) is 6.92 Å². The third kappa shape index (κ3) is 6.06. The summed E-state index contributed by atoms with van der Waals surface area (Å²) in [6.45, 7) is 2.62. The molecule has 0 atom stereocenters. The topological polar surface area (TPSA) is 49.4 Å². The van der Waals surface area contributed by atoms with Crippen LogP contribution >= 0.6 is 36.2 Å². The quantitative estimate of drug-likeness (QED) is 0.452. The minimum Gasteiger partial charge on any atom is -0.346 e. The van der Waals surface area contributed by atoms with Gasteiger partial charge in [0.05, 0.1) is 11.9 Å². The molecule has 76 valence electrons. The summed E-state index contributed by atoms with van der Waals surface area (Å²) in [5.74, 6) is 0.276. The Morgan fingerprint density at radius 3 is 2.62 bits per heavy atom. The van der Waals surface area contributed by atoms with Gasteiger partial charge in [-0.3, -0.25) is 13.9 Å². The zero-order chi connectivity index (χ0) is 10.3. The van der Waals surface area contributed by atoms with Crippen molar-refractivity contribution in [3.8, 4) is 0 Å². The average Bonchev–Trinajstić information content (AvgIpc) is 2.04. The number of amides is 2. The second kappa shape index (κ2) is 7.34. The van der Waals surface area contributed by atoms with E-state index in [1.165, 1.54) is 4.31 Å². The van der Waals surface area contributed by atoms with Crippen molar-refractivity contribution >= 4 is 46.7 Å². The molecule has 0 saturated heterocycles. The Labute approximate surface area is 91.9 Å². The van der Waals surface area contributed by atoms with Crippen LogP contribution in [0.3, 0.4) is 0 Å². The van der Waals surface area contributed by atoms with Crippen molar-refractivity contribution in [2.75, 3.05) is 19.0 Å². The van der Waals surface area contributed by atoms with Crippen LogP contribution in [0.1, 0.15) is 6.92 Å². The maximum Gasteiger partial charge on any atom is 0.299 e. The Bertz CT molecular complexity index is 191. The lowest BCUT2D eigenvalue weighted by Crippen LogP contribution is -2.27. The highest BCUT2D eigenvalue weighted by Gasteiger charge is 2.13. The lowest BCUT2D eigenvalue weighted by atomic mass is 10.8. The molecule has 0 aromatic rings. The largest absolute Gasteiger partial charge is 0.346 e. The maximum atomic E-state index is 11.0. The van der Waals surface area contributed by atoms with E-state index in [-0.39, 0.29) is 11.1 Å². The third-order valence-corrected chi connectivity index (χ3v) is 2.44. The lowest BCUT2D eigenvalue weighted by molar-refractivity contribution is 0.248. The van der Waals surface area contributed by atoms with Gasteiger partial charge in [-0.1, -0.05) is 12.6 Å². The molecule has 0 aromatic heterocycles. The predicted molar refractivity (Wildman–Crippen MR) is 58.5 cm³/mol. The molecule has 2 amide bonds. The van der Waals surface area contributed by atoms with Crippen LogP contribution in [0.2, 0.25) is 0 Å². The second-order valence-electron chi connectivity index (χ2n) is 1.98. The van der Waals surface area contributed by atoms with Crippen molar-refractivity contribution in [1.29, 1.82) is 0 Å². The minimum absolute atomic E-state index is 0.276. The van der Waals surface area contributed by atoms with Gasteiger partial charge in [0.1, 0.15) is 0 Å². The molecule has 13 heavy (non-hydrogen) atoms. The van der Waals surface area contributed by atoms with Crippen molar-refractivity contribution < 1.29 is 9.59 Å². The molecule has 0 rings (SSSR count). The molecule has 0 radical (unpaired) electrons. The van der Waals surface area contributed by atoms with Crippen LogP contribution in [0.15, 0.2) is 0 Å². The summed E-state index contributed by atoms with van der Waals surface area (Å²) in [6, 6.07) is 0. The van der Waals surface area contributed by atoms with Crippen molar-refractivity contribution in [2.24, 2.45) is 0 Å². The van der Waals surface area contributed by atoms with Crippen LogP contribution in [-0.4, -0.2) is 33.8 Å². The summed E-state index contributed by atoms with van der Waals surface area (Å²) in [5.41, 5.74) is 0. The highest BCUT2D eigenvalue weighted by molar-refractivity contribution is 8.13. The van der Waals surface area contributed by atoms with Crippen LogP contribution in [-0.2, 0) is 0 Å². The van der Waals surface area contributed by atoms with Crippen LogP contribution in [0.5, 0.6) is 0 Å². The third-order valence-electron chi connectivity index (χ3n) is 1.02. The molecule has 1 N–H and O–H groups in total. The van der Waals surface area contributed by atoms with E-state index < -0.39 is 5.24 Å². The van der Waals surface area contributed by atoms with E-state index in [9.17, 15) is 9.59 Å². The number of hydrogen-bond donors (Lipinski definition) is 2. The molecule has 0 bridgehead atoms. The summed E-state index contributed by atoms with van der Waals surface area (Å²) >= 11 is 9.80. The molecule has 4 nitrogen and oxygen atoms in total. The van der Waals surface area contributed by atoms with E-state index in [0.717, 1.165) is 11.9 Å². The standard InChI is InChI=1S/C6H11ClN2O2S2/c1-2-8-5(10)13-9(4-3-7)6(11)12/h2-4H2,1H3,(H,8,10)(H,11,12). The highest BCUT2D eigenvalue weighted by atomic mass is 35.5. The minimum atomic E-state index is -0.475. The molecule has 7 heteroatoms. The molecule has 0 saturated carbocycles. The first-order valence-electron chi connectivity index (χ1n) is 3.64. The predicted octanol–water partition coefficient (Wildman–Crippen LogP) is 1.95. The van der Waals surface area contributed by atoms with Crippen LogP contribution in [0, 0.1) is 0 Å². The first-order chi connectivity index (χ1) is 6.11. The zero-order valence-corrected chi connectivity index (χ0v) is 9.59. The molecule has 0 aliphatic rings. The van der Waals surface area contributed by atoms with Gasteiger partial charge in [0, 0.05) is 19.0 Å². The number of rotatable bonds is 3. The number of alkyl halides is 1. The van der Waals surface area contributed by atoms with Gasteiger partial charge in [-0.25, -0.2) is 0 Å². The van der Waals surface area contributed by atoms with Crippen molar-refractivity contribution in [3.63, 3.8) is 0 Å². The lowest BCUT2D eigenvalue weighted by Gasteiger charge is -2.15. The van der Waals surface area contributed by atoms with Crippen LogP contribution in [0.4, 0.5) is 9.59 Å². The number of nitrogens with zero attached hydrogens (tertiary/aromatic N) is 1. The van der Waals surface area contributed by atoms with Crippen molar-refractivity contribution in [3.05, 3.63) is 0 Å². The molecule has 0 aliphatic heterocycles. The summed E-state index contributed by atoms with van der Waals surface area (Å²) in [7, 11) is 0. The number of nitrogens with one attached hydrogen (secondary N) is 1. The number of hydrogen-bond acceptors (Lipinski definition) is 3. The number of carbonyl (C=O) groups excluding carboxylic acids is 2. The number of carbonyl (C=O) groups is 2. The fraction of sp³-hybridized carbons (Fsp3) is 0.667. The van der Waals surface area contributed by atoms with E-state index in [4.69, 9.17) is 11.6 Å². The van der Waals surface area contributed by atoms with Crippen LogP contribution < -0.4 is 5.32 Å². The molecule has 0 aromatic carbocycles. The summed E-state index contributed by atoms with van der Waals surface area (Å²) < 4.78 is 1.20. The SMILES string of the molecule is CCNC(=O)SN(CCCl)C(=O)S. The van der Waals surface area contributed by atoms with E-state index in [0.29, 0.717) is 13.1 Å². The van der Waals surface area contributed by atoms with Gasteiger partial charge in [0.15, 0.2) is 0 Å². The average molecular weight is 243 g/mol. The van der Waals surface area contributed by atoms with Crippen molar-refractivity contribution in [2.45, 2.75) is 6.92 Å². The Kier molecular flexibility index (Phi) is 7.31. The van der Waals surface area contributed by atoms with Gasteiger partial charge in [-0.2, -0.15) is 0 Å². The Hall–Kier alpha value is -0.0700. The van der Waals surface area contributed by atoms with E-state index in [2.05, 4.69) is 17.9 Å². The second-order valence-corrected chi connectivity index (χ2v) is 3.74. The Morgan fingerprint density at radius 1 is 1.62 bits per heavy atom. The molecule has 0 spiro atoms. The number of thiol groups is 1. The Balaban J connectivity index is 3.94. The van der Waals surface area contributed by atoms with Crippen LogP contribution in [0.25, 0.3) is 0 Å². The monoisotopic (exact) mass is 242 g/mol. The normalized spacial score (nSPS) is 9.46. The van der Waals surface area contributed by atoms with Gasteiger partial charge in [-0.15, -0.1) is 11.6 Å². The highest BCUT2D eigenvalue weighted by Crippen LogP contribution is 2.13. The fourth-order valence-electron chi connectivity index (χ4n) is 0.534. The number of halogens is 1. The van der Waals surface area contributed by atoms with Gasteiger partial charge in [-0.05, 0) is 6.92 Å². The molecular weight excluding hydrogens is 232 g/mol. The first kappa shape index (κ1) is 12.9. The molecule has 0 aliphatic carbocycles. The van der Waals surface area contributed by atoms with Crippen molar-refractivity contribution in [1.82, 2.24) is 9.62 Å². The maximum absolute atomic E-state index is 11.0.